The van der Waals surface area contributed by atoms with E-state index in [9.17, 15) is 8.42 Å². The molecule has 4 rings (SSSR count). The Morgan fingerprint density at radius 3 is 2.45 bits per heavy atom. The first-order valence-electron chi connectivity index (χ1n) is 10.2. The molecule has 7 nitrogen and oxygen atoms in total. The average molecular weight is 444 g/mol. The summed E-state index contributed by atoms with van der Waals surface area (Å²) in [6.45, 7) is 3.82. The Morgan fingerprint density at radius 1 is 0.968 bits per heavy atom. The lowest BCUT2D eigenvalue weighted by atomic mass is 10.2. The summed E-state index contributed by atoms with van der Waals surface area (Å²) in [7, 11) is -3.83. The fourth-order valence-electron chi connectivity index (χ4n) is 3.25. The number of fused-ring (bicyclic) bond motifs is 1. The van der Waals surface area contributed by atoms with Crippen LogP contribution in [0.4, 0.5) is 0 Å². The van der Waals surface area contributed by atoms with Crippen LogP contribution in [-0.4, -0.2) is 32.5 Å². The van der Waals surface area contributed by atoms with E-state index in [1.165, 1.54) is 16.6 Å². The lowest BCUT2D eigenvalue weighted by Gasteiger charge is -2.23. The van der Waals surface area contributed by atoms with Gasteiger partial charge in [0.15, 0.2) is 11.5 Å². The van der Waals surface area contributed by atoms with Gasteiger partial charge in [-0.1, -0.05) is 19.1 Å². The molecule has 0 radical (unpaired) electrons. The minimum atomic E-state index is -3.83. The number of hydrogen-bond acceptors (Lipinski definition) is 6. The second-order valence-electron chi connectivity index (χ2n) is 7.15. The fraction of sp³-hybridized carbons (Fsp3) is 0.304. The molecule has 1 aromatic heterocycles. The van der Waals surface area contributed by atoms with E-state index >= 15 is 0 Å². The van der Waals surface area contributed by atoms with Crippen molar-refractivity contribution in [3.05, 3.63) is 72.2 Å². The van der Waals surface area contributed by atoms with Crippen LogP contribution in [0.2, 0.25) is 0 Å². The SMILES string of the molecule is CCCOc1ccc(CN(Cc2ccco2)S(=O)(=O)c2ccc3c(c2)OCCO3)cc1. The molecular weight excluding hydrogens is 418 g/mol. The monoisotopic (exact) mass is 443 g/mol. The van der Waals surface area contributed by atoms with E-state index in [1.54, 1.807) is 24.3 Å². The third-order valence-corrected chi connectivity index (χ3v) is 6.61. The van der Waals surface area contributed by atoms with Crippen LogP contribution in [0.3, 0.4) is 0 Å². The predicted molar refractivity (Wildman–Crippen MR) is 115 cm³/mol. The molecule has 164 valence electrons. The zero-order chi connectivity index (χ0) is 21.7. The number of nitrogens with zero attached hydrogens (tertiary/aromatic N) is 1. The van der Waals surface area contributed by atoms with E-state index in [1.807, 2.05) is 31.2 Å². The first kappa shape index (κ1) is 21.3. The molecule has 0 saturated carbocycles. The molecule has 1 aliphatic rings. The Labute approximate surface area is 182 Å². The molecule has 2 heterocycles. The zero-order valence-corrected chi connectivity index (χ0v) is 18.1. The second kappa shape index (κ2) is 9.45. The molecule has 0 saturated heterocycles. The summed E-state index contributed by atoms with van der Waals surface area (Å²) in [5.41, 5.74) is 0.844. The lowest BCUT2D eigenvalue weighted by Crippen LogP contribution is -2.30. The Morgan fingerprint density at radius 2 is 1.74 bits per heavy atom. The van der Waals surface area contributed by atoms with Gasteiger partial charge in [0.05, 0.1) is 24.3 Å². The second-order valence-corrected chi connectivity index (χ2v) is 9.09. The molecular formula is C23H25NO6S. The van der Waals surface area contributed by atoms with Gasteiger partial charge in [-0.2, -0.15) is 4.31 Å². The molecule has 0 amide bonds. The number of ether oxygens (including phenoxy) is 3. The number of sulfonamides is 1. The number of benzene rings is 2. The third kappa shape index (κ3) is 5.03. The summed E-state index contributed by atoms with van der Waals surface area (Å²) >= 11 is 0. The highest BCUT2D eigenvalue weighted by Gasteiger charge is 2.27. The van der Waals surface area contributed by atoms with E-state index < -0.39 is 10.0 Å². The lowest BCUT2D eigenvalue weighted by molar-refractivity contribution is 0.171. The van der Waals surface area contributed by atoms with Gasteiger partial charge >= 0.3 is 0 Å². The fourth-order valence-corrected chi connectivity index (χ4v) is 4.66. The molecule has 2 aromatic carbocycles. The first-order valence-corrected chi connectivity index (χ1v) is 11.6. The molecule has 0 spiro atoms. The Hall–Kier alpha value is -2.97. The standard InChI is InChI=1S/C23H25NO6S/c1-2-11-27-19-7-5-18(6-8-19)16-24(17-20-4-3-12-28-20)31(25,26)21-9-10-22-23(15-21)30-14-13-29-22/h3-10,12,15H,2,11,13-14,16-17H2,1H3. The van der Waals surface area contributed by atoms with Crippen LogP contribution in [0.5, 0.6) is 17.2 Å². The molecule has 0 unspecified atom stereocenters. The summed E-state index contributed by atoms with van der Waals surface area (Å²) < 4.78 is 50.5. The van der Waals surface area contributed by atoms with Crippen molar-refractivity contribution in [2.24, 2.45) is 0 Å². The quantitative estimate of drug-likeness (QED) is 0.493. The first-order chi connectivity index (χ1) is 15.1. The van der Waals surface area contributed by atoms with Crippen molar-refractivity contribution in [2.45, 2.75) is 31.3 Å². The largest absolute Gasteiger partial charge is 0.494 e. The Kier molecular flexibility index (Phi) is 6.48. The van der Waals surface area contributed by atoms with Crippen LogP contribution < -0.4 is 14.2 Å². The maximum Gasteiger partial charge on any atom is 0.243 e. The highest BCUT2D eigenvalue weighted by atomic mass is 32.2. The molecule has 0 bridgehead atoms. The Bertz CT molecular complexity index is 1090. The molecule has 3 aromatic rings. The van der Waals surface area contributed by atoms with Crippen molar-refractivity contribution in [3.8, 4) is 17.2 Å². The average Bonchev–Trinajstić information content (AvgIpc) is 3.31. The topological polar surface area (TPSA) is 78.2 Å². The Balaban J connectivity index is 1.61. The number of hydrogen-bond donors (Lipinski definition) is 0. The summed E-state index contributed by atoms with van der Waals surface area (Å²) in [6, 6.07) is 15.6. The van der Waals surface area contributed by atoms with Crippen molar-refractivity contribution >= 4 is 10.0 Å². The molecule has 0 N–H and O–H groups in total. The van der Waals surface area contributed by atoms with Gasteiger partial charge < -0.3 is 18.6 Å². The zero-order valence-electron chi connectivity index (χ0n) is 17.3. The van der Waals surface area contributed by atoms with Crippen LogP contribution in [0, 0.1) is 0 Å². The highest BCUT2D eigenvalue weighted by molar-refractivity contribution is 7.89. The van der Waals surface area contributed by atoms with E-state index in [0.29, 0.717) is 37.1 Å². The van der Waals surface area contributed by atoms with Gasteiger partial charge in [0.2, 0.25) is 10.0 Å². The summed E-state index contributed by atoms with van der Waals surface area (Å²) in [6.07, 6.45) is 2.45. The molecule has 0 fully saturated rings. The number of furan rings is 1. The molecule has 0 aliphatic carbocycles. The van der Waals surface area contributed by atoms with E-state index in [4.69, 9.17) is 18.6 Å². The van der Waals surface area contributed by atoms with Crippen LogP contribution >= 0.6 is 0 Å². The molecule has 1 aliphatic heterocycles. The minimum absolute atomic E-state index is 0.109. The summed E-state index contributed by atoms with van der Waals surface area (Å²) in [5.74, 6) is 2.30. The third-order valence-electron chi connectivity index (χ3n) is 4.82. The van der Waals surface area contributed by atoms with E-state index in [-0.39, 0.29) is 18.0 Å². The normalized spacial score (nSPS) is 13.4. The highest BCUT2D eigenvalue weighted by Crippen LogP contribution is 2.34. The van der Waals surface area contributed by atoms with Gasteiger partial charge in [-0.15, -0.1) is 0 Å². The molecule has 0 atom stereocenters. The van der Waals surface area contributed by atoms with Gasteiger partial charge in [-0.05, 0) is 48.4 Å². The van der Waals surface area contributed by atoms with Crippen LogP contribution in [0.25, 0.3) is 0 Å². The van der Waals surface area contributed by atoms with E-state index in [2.05, 4.69) is 0 Å². The maximum atomic E-state index is 13.5. The molecule has 8 heteroatoms. The van der Waals surface area contributed by atoms with Crippen LogP contribution in [0.1, 0.15) is 24.7 Å². The maximum absolute atomic E-state index is 13.5. The van der Waals surface area contributed by atoms with Crippen molar-refractivity contribution in [3.63, 3.8) is 0 Å². The van der Waals surface area contributed by atoms with Crippen LogP contribution in [0.15, 0.2) is 70.2 Å². The van der Waals surface area contributed by atoms with Gasteiger partial charge in [-0.3, -0.25) is 0 Å². The van der Waals surface area contributed by atoms with E-state index in [0.717, 1.165) is 17.7 Å². The van der Waals surface area contributed by atoms with Gasteiger partial charge in [0.1, 0.15) is 24.7 Å². The van der Waals surface area contributed by atoms with Gasteiger partial charge in [-0.25, -0.2) is 8.42 Å². The van der Waals surface area contributed by atoms with Crippen LogP contribution in [-0.2, 0) is 23.1 Å². The van der Waals surface area contributed by atoms with Crippen molar-refractivity contribution < 1.29 is 27.0 Å². The number of rotatable bonds is 9. The van der Waals surface area contributed by atoms with Gasteiger partial charge in [0.25, 0.3) is 0 Å². The molecule has 31 heavy (non-hydrogen) atoms. The summed E-state index contributed by atoms with van der Waals surface area (Å²) in [4.78, 5) is 0.145. The van der Waals surface area contributed by atoms with Crippen molar-refractivity contribution in [2.75, 3.05) is 19.8 Å². The summed E-state index contributed by atoms with van der Waals surface area (Å²) in [5, 5.41) is 0. The smallest absolute Gasteiger partial charge is 0.243 e. The van der Waals surface area contributed by atoms with Crippen molar-refractivity contribution in [1.82, 2.24) is 4.31 Å². The predicted octanol–water partition coefficient (Wildman–Crippen LogP) is 4.23. The van der Waals surface area contributed by atoms with Gasteiger partial charge in [0, 0.05) is 12.6 Å². The van der Waals surface area contributed by atoms with Crippen molar-refractivity contribution in [1.29, 1.82) is 0 Å². The minimum Gasteiger partial charge on any atom is -0.494 e.